The number of benzene rings is 4. The van der Waals surface area contributed by atoms with Crippen molar-refractivity contribution >= 4 is 11.8 Å². The number of hydrogen-bond acceptors (Lipinski definition) is 1. The van der Waals surface area contributed by atoms with Crippen molar-refractivity contribution in [3.05, 3.63) is 121 Å². The molecule has 4 aromatic rings. The average Bonchev–Trinajstić information content (AvgIpc) is 2.76. The zero-order chi connectivity index (χ0) is 19.8. The van der Waals surface area contributed by atoms with E-state index in [2.05, 4.69) is 86.3 Å². The van der Waals surface area contributed by atoms with Gasteiger partial charge in [-0.1, -0.05) is 109 Å². The van der Waals surface area contributed by atoms with Crippen LogP contribution in [0.25, 0.3) is 28.3 Å². The summed E-state index contributed by atoms with van der Waals surface area (Å²) in [6, 6.07) is 35.5. The third kappa shape index (κ3) is 5.21. The minimum absolute atomic E-state index is 0.792. The van der Waals surface area contributed by atoms with Crippen LogP contribution in [-0.2, 0) is 0 Å². The number of rotatable bonds is 3. The molecule has 138 valence electrons. The fraction of sp³-hybridized carbons (Fsp3) is 0.0370. The van der Waals surface area contributed by atoms with Crippen molar-refractivity contribution in [1.29, 1.82) is 0 Å². The Bertz CT molecular complexity index is 997. The van der Waals surface area contributed by atoms with Crippen molar-refractivity contribution in [3.8, 4) is 22.3 Å². The van der Waals surface area contributed by atoms with E-state index >= 15 is 0 Å². The van der Waals surface area contributed by atoms with E-state index in [1.807, 2.05) is 30.3 Å². The lowest BCUT2D eigenvalue weighted by atomic mass is 10.00. The van der Waals surface area contributed by atoms with Crippen LogP contribution in [0.1, 0.15) is 11.1 Å². The van der Waals surface area contributed by atoms with Gasteiger partial charge in [0.15, 0.2) is 0 Å². The van der Waals surface area contributed by atoms with E-state index in [1.54, 1.807) is 6.08 Å². The van der Waals surface area contributed by atoms with Crippen molar-refractivity contribution in [2.45, 2.75) is 6.92 Å². The summed E-state index contributed by atoms with van der Waals surface area (Å²) in [6.45, 7) is 5.73. The summed E-state index contributed by atoms with van der Waals surface area (Å²) >= 11 is 0. The topological polar surface area (TPSA) is 26.0 Å². The zero-order valence-electron chi connectivity index (χ0n) is 16.2. The first-order valence-corrected chi connectivity index (χ1v) is 9.36. The standard InChI is InChI=1S/C19H16.C8H9N/c1-15-7-9-17(10-8-15)19-13-11-18(12-14-19)16-5-3-2-4-6-16;1-2-7-3-5-8(9)6-4-7/h2-14H,1H3;2-6H,1,9H2. The average molecular weight is 364 g/mol. The van der Waals surface area contributed by atoms with Gasteiger partial charge in [-0.25, -0.2) is 0 Å². The van der Waals surface area contributed by atoms with Crippen molar-refractivity contribution in [1.82, 2.24) is 0 Å². The Balaban J connectivity index is 0.000000211. The second kappa shape index (κ2) is 9.38. The van der Waals surface area contributed by atoms with Crippen LogP contribution < -0.4 is 5.73 Å². The van der Waals surface area contributed by atoms with Gasteiger partial charge in [0, 0.05) is 5.69 Å². The van der Waals surface area contributed by atoms with E-state index in [0.717, 1.165) is 11.3 Å². The van der Waals surface area contributed by atoms with Gasteiger partial charge in [-0.3, -0.25) is 0 Å². The molecule has 0 heterocycles. The largest absolute Gasteiger partial charge is 0.399 e. The SMILES string of the molecule is C=Cc1ccc(N)cc1.Cc1ccc(-c2ccc(-c3ccccc3)cc2)cc1. The highest BCUT2D eigenvalue weighted by atomic mass is 14.5. The first-order chi connectivity index (χ1) is 13.7. The first kappa shape index (κ1) is 19.2. The molecule has 0 saturated heterocycles. The number of anilines is 1. The summed E-state index contributed by atoms with van der Waals surface area (Å²) in [7, 11) is 0. The van der Waals surface area contributed by atoms with Gasteiger partial charge >= 0.3 is 0 Å². The van der Waals surface area contributed by atoms with E-state index in [-0.39, 0.29) is 0 Å². The molecule has 0 radical (unpaired) electrons. The molecule has 0 amide bonds. The predicted octanol–water partition coefficient (Wildman–Crippen LogP) is 7.24. The fourth-order valence-corrected chi connectivity index (χ4v) is 2.86. The third-order valence-electron chi connectivity index (χ3n) is 4.55. The molecule has 1 heteroatoms. The lowest BCUT2D eigenvalue weighted by molar-refractivity contribution is 1.47. The molecule has 0 aromatic heterocycles. The number of nitrogen functional groups attached to an aromatic ring is 1. The quantitative estimate of drug-likeness (QED) is 0.381. The molecule has 0 aliphatic carbocycles. The molecule has 4 rings (SSSR count). The number of aryl methyl sites for hydroxylation is 1. The molecule has 4 aromatic carbocycles. The number of hydrogen-bond donors (Lipinski definition) is 1. The van der Waals surface area contributed by atoms with Crippen LogP contribution in [-0.4, -0.2) is 0 Å². The second-order valence-corrected chi connectivity index (χ2v) is 6.68. The molecule has 0 saturated carbocycles. The maximum absolute atomic E-state index is 5.45. The molecule has 0 fully saturated rings. The molecule has 0 aliphatic rings. The summed E-state index contributed by atoms with van der Waals surface area (Å²) in [5.41, 5.74) is 13.7. The molecule has 0 bridgehead atoms. The van der Waals surface area contributed by atoms with Crippen molar-refractivity contribution in [2.24, 2.45) is 0 Å². The van der Waals surface area contributed by atoms with Crippen molar-refractivity contribution in [2.75, 3.05) is 5.73 Å². The number of nitrogens with two attached hydrogens (primary N) is 1. The Morgan fingerprint density at radius 1 is 0.571 bits per heavy atom. The van der Waals surface area contributed by atoms with Crippen LogP contribution in [0.4, 0.5) is 5.69 Å². The highest BCUT2D eigenvalue weighted by molar-refractivity contribution is 5.70. The molecule has 1 nitrogen and oxygen atoms in total. The van der Waals surface area contributed by atoms with E-state index < -0.39 is 0 Å². The summed E-state index contributed by atoms with van der Waals surface area (Å²) in [6.07, 6.45) is 1.79. The van der Waals surface area contributed by atoms with Crippen LogP contribution >= 0.6 is 0 Å². The maximum atomic E-state index is 5.45. The van der Waals surface area contributed by atoms with E-state index in [1.165, 1.54) is 27.8 Å². The molecule has 0 spiro atoms. The second-order valence-electron chi connectivity index (χ2n) is 6.68. The van der Waals surface area contributed by atoms with Crippen LogP contribution in [0.3, 0.4) is 0 Å². The summed E-state index contributed by atoms with van der Waals surface area (Å²) in [5.74, 6) is 0. The van der Waals surface area contributed by atoms with Gasteiger partial charge in [0.2, 0.25) is 0 Å². The Morgan fingerprint density at radius 3 is 1.46 bits per heavy atom. The summed E-state index contributed by atoms with van der Waals surface area (Å²) in [4.78, 5) is 0. The third-order valence-corrected chi connectivity index (χ3v) is 4.55. The molecular formula is C27H25N. The van der Waals surface area contributed by atoms with Gasteiger partial charge in [-0.15, -0.1) is 0 Å². The van der Waals surface area contributed by atoms with Gasteiger partial charge in [-0.2, -0.15) is 0 Å². The van der Waals surface area contributed by atoms with Gasteiger partial charge < -0.3 is 5.73 Å². The maximum Gasteiger partial charge on any atom is 0.0314 e. The molecule has 0 aliphatic heterocycles. The van der Waals surface area contributed by atoms with Gasteiger partial charge in [0.05, 0.1) is 0 Å². The first-order valence-electron chi connectivity index (χ1n) is 9.36. The van der Waals surface area contributed by atoms with E-state index in [4.69, 9.17) is 5.73 Å². The monoisotopic (exact) mass is 363 g/mol. The van der Waals surface area contributed by atoms with Crippen molar-refractivity contribution in [3.63, 3.8) is 0 Å². The lowest BCUT2D eigenvalue weighted by Crippen LogP contribution is -1.81. The van der Waals surface area contributed by atoms with Gasteiger partial charge in [0.1, 0.15) is 0 Å². The summed E-state index contributed by atoms with van der Waals surface area (Å²) < 4.78 is 0. The van der Waals surface area contributed by atoms with Crippen LogP contribution in [0.15, 0.2) is 110 Å². The fourth-order valence-electron chi connectivity index (χ4n) is 2.86. The minimum Gasteiger partial charge on any atom is -0.399 e. The highest BCUT2D eigenvalue weighted by Gasteiger charge is 1.99. The van der Waals surface area contributed by atoms with Crippen LogP contribution in [0.2, 0.25) is 0 Å². The smallest absolute Gasteiger partial charge is 0.0314 e. The lowest BCUT2D eigenvalue weighted by Gasteiger charge is -2.05. The Morgan fingerprint density at radius 2 is 1.00 bits per heavy atom. The van der Waals surface area contributed by atoms with Crippen molar-refractivity contribution < 1.29 is 0 Å². The normalized spacial score (nSPS) is 9.89. The van der Waals surface area contributed by atoms with Gasteiger partial charge in [0.25, 0.3) is 0 Å². The summed E-state index contributed by atoms with van der Waals surface area (Å²) in [5, 5.41) is 0. The van der Waals surface area contributed by atoms with Gasteiger partial charge in [-0.05, 0) is 46.9 Å². The highest BCUT2D eigenvalue weighted by Crippen LogP contribution is 2.24. The van der Waals surface area contributed by atoms with E-state index in [9.17, 15) is 0 Å². The molecule has 0 atom stereocenters. The van der Waals surface area contributed by atoms with Crippen LogP contribution in [0, 0.1) is 6.92 Å². The molecular weight excluding hydrogens is 338 g/mol. The Hall–Kier alpha value is -3.58. The Labute approximate surface area is 167 Å². The zero-order valence-corrected chi connectivity index (χ0v) is 16.2. The Kier molecular flexibility index (Phi) is 6.43. The minimum atomic E-state index is 0.792. The van der Waals surface area contributed by atoms with E-state index in [0.29, 0.717) is 0 Å². The predicted molar refractivity (Wildman–Crippen MR) is 123 cm³/mol. The molecule has 28 heavy (non-hydrogen) atoms. The molecule has 0 unspecified atom stereocenters. The van der Waals surface area contributed by atoms with Crippen LogP contribution in [0.5, 0.6) is 0 Å². The molecule has 2 N–H and O–H groups in total.